The van der Waals surface area contributed by atoms with E-state index in [0.717, 1.165) is 12.1 Å². The number of halogens is 6. The number of rotatable bonds is 12. The summed E-state index contributed by atoms with van der Waals surface area (Å²) in [5.74, 6) is -6.20. The summed E-state index contributed by atoms with van der Waals surface area (Å²) in [6.45, 7) is 15.7. The fourth-order valence-corrected chi connectivity index (χ4v) is 5.39. The predicted octanol–water partition coefficient (Wildman–Crippen LogP) is 10.6. The molecule has 0 aliphatic rings. The third kappa shape index (κ3) is 9.14. The number of carbonyl (C=O) groups excluding carboxylic acids is 4. The Morgan fingerprint density at radius 2 is 0.913 bits per heavy atom. The van der Waals surface area contributed by atoms with Crippen LogP contribution in [0.5, 0.6) is 11.5 Å². The van der Waals surface area contributed by atoms with Crippen LogP contribution in [0.3, 0.4) is 0 Å². The van der Waals surface area contributed by atoms with Crippen molar-refractivity contribution in [2.75, 3.05) is 13.2 Å². The zero-order valence-corrected chi connectivity index (χ0v) is 31.2. The van der Waals surface area contributed by atoms with Gasteiger partial charge in [0.1, 0.15) is 11.1 Å². The Morgan fingerprint density at radius 3 is 1.17 bits per heavy atom. The molecule has 0 fully saturated rings. The monoisotopic (exact) mass is 758 g/mol. The minimum Gasteiger partial charge on any atom is -0.461 e. The van der Waals surface area contributed by atoms with E-state index >= 15 is 0 Å². The number of ether oxygens (including phenoxy) is 4. The first-order chi connectivity index (χ1) is 21.2. The Kier molecular flexibility index (Phi) is 14.4. The van der Waals surface area contributed by atoms with E-state index < -0.39 is 46.5 Å². The van der Waals surface area contributed by atoms with E-state index in [1.807, 2.05) is 55.4 Å². The summed E-state index contributed by atoms with van der Waals surface area (Å²) in [4.78, 5) is 52.5. The lowest BCUT2D eigenvalue weighted by atomic mass is 9.78. The number of benzene rings is 2. The smallest absolute Gasteiger partial charge is 0.423 e. The summed E-state index contributed by atoms with van der Waals surface area (Å²) in [7, 11) is 0. The summed E-state index contributed by atoms with van der Waals surface area (Å²) < 4.78 is 21.4. The summed E-state index contributed by atoms with van der Waals surface area (Å²) in [6, 6.07) is 2.23. The van der Waals surface area contributed by atoms with Crippen LogP contribution in [0.2, 0.25) is 30.1 Å². The van der Waals surface area contributed by atoms with Gasteiger partial charge in [-0.05, 0) is 36.8 Å². The maximum atomic E-state index is 13.2. The van der Waals surface area contributed by atoms with Gasteiger partial charge in [-0.2, -0.15) is 0 Å². The van der Waals surface area contributed by atoms with Gasteiger partial charge in [-0.1, -0.05) is 125 Å². The SMILES string of the molecule is CCC(C)(COC(=O)c1c(Cl)c(Cl)cc(Cl)c1OC(=O)C(=O)Oc1c(Cl)cc(Cl)c(Cl)c1C(=O)OCC(C)(CC)C(C)C)C(C)C. The highest BCUT2D eigenvalue weighted by atomic mass is 35.5. The second-order valence-electron chi connectivity index (χ2n) is 12.0. The van der Waals surface area contributed by atoms with E-state index in [0.29, 0.717) is 12.8 Å². The molecular formula is C32H36Cl6O8. The van der Waals surface area contributed by atoms with Gasteiger partial charge in [-0.25, -0.2) is 19.2 Å². The van der Waals surface area contributed by atoms with Crippen molar-refractivity contribution < 1.29 is 38.1 Å². The maximum absolute atomic E-state index is 13.2. The summed E-state index contributed by atoms with van der Waals surface area (Å²) in [6.07, 6.45) is 1.39. The zero-order chi connectivity index (χ0) is 35.3. The lowest BCUT2D eigenvalue weighted by molar-refractivity contribution is -0.156. The molecule has 0 aromatic heterocycles. The molecule has 0 spiro atoms. The second kappa shape index (κ2) is 16.4. The predicted molar refractivity (Wildman–Crippen MR) is 181 cm³/mol. The van der Waals surface area contributed by atoms with Crippen LogP contribution < -0.4 is 9.47 Å². The molecule has 0 saturated heterocycles. The van der Waals surface area contributed by atoms with Gasteiger partial charge >= 0.3 is 23.9 Å². The molecule has 0 heterocycles. The van der Waals surface area contributed by atoms with Gasteiger partial charge in [0.25, 0.3) is 0 Å². The van der Waals surface area contributed by atoms with Crippen LogP contribution >= 0.6 is 69.6 Å². The molecule has 0 amide bonds. The molecule has 254 valence electrons. The Hall–Kier alpha value is -1.94. The third-order valence-corrected chi connectivity index (χ3v) is 10.8. The number of carbonyl (C=O) groups is 4. The maximum Gasteiger partial charge on any atom is 0.423 e. The van der Waals surface area contributed by atoms with Crippen molar-refractivity contribution in [3.63, 3.8) is 0 Å². The minimum atomic E-state index is -1.66. The lowest BCUT2D eigenvalue weighted by Gasteiger charge is -2.32. The average molecular weight is 761 g/mol. The summed E-state index contributed by atoms with van der Waals surface area (Å²) in [5, 5.41) is -1.58. The van der Waals surface area contributed by atoms with E-state index in [4.69, 9.17) is 88.6 Å². The topological polar surface area (TPSA) is 105 Å². The highest BCUT2D eigenvalue weighted by Gasteiger charge is 2.35. The fraction of sp³-hybridized carbons (Fsp3) is 0.500. The summed E-state index contributed by atoms with van der Waals surface area (Å²) >= 11 is 37.4. The normalized spacial score (nSPS) is 14.0. The van der Waals surface area contributed by atoms with E-state index in [9.17, 15) is 19.2 Å². The molecule has 0 aliphatic carbocycles. The van der Waals surface area contributed by atoms with E-state index in [2.05, 4.69) is 0 Å². The Balaban J connectivity index is 2.43. The Morgan fingerprint density at radius 1 is 0.609 bits per heavy atom. The Labute approximate surface area is 299 Å². The molecule has 14 heteroatoms. The van der Waals surface area contributed by atoms with Crippen LogP contribution in [0.25, 0.3) is 0 Å². The molecular weight excluding hydrogens is 725 g/mol. The minimum absolute atomic E-state index is 0.000827. The fourth-order valence-electron chi connectivity index (χ4n) is 3.95. The molecule has 8 nitrogen and oxygen atoms in total. The van der Waals surface area contributed by atoms with Crippen LogP contribution in [0.4, 0.5) is 0 Å². The van der Waals surface area contributed by atoms with Crippen molar-refractivity contribution in [2.45, 2.75) is 68.2 Å². The van der Waals surface area contributed by atoms with Crippen molar-refractivity contribution in [1.82, 2.24) is 0 Å². The van der Waals surface area contributed by atoms with Gasteiger partial charge in [-0.3, -0.25) is 0 Å². The highest BCUT2D eigenvalue weighted by molar-refractivity contribution is 6.47. The van der Waals surface area contributed by atoms with Crippen LogP contribution in [0.15, 0.2) is 12.1 Å². The van der Waals surface area contributed by atoms with Gasteiger partial charge in [0, 0.05) is 10.8 Å². The molecule has 2 rings (SSSR count). The van der Waals surface area contributed by atoms with Crippen molar-refractivity contribution in [1.29, 1.82) is 0 Å². The van der Waals surface area contributed by atoms with Crippen molar-refractivity contribution in [3.8, 4) is 11.5 Å². The van der Waals surface area contributed by atoms with E-state index in [1.165, 1.54) is 0 Å². The quantitative estimate of drug-likeness (QED) is 0.0911. The third-order valence-electron chi connectivity index (χ3n) is 8.69. The molecule has 2 aromatic rings. The van der Waals surface area contributed by atoms with Gasteiger partial charge < -0.3 is 18.9 Å². The highest BCUT2D eigenvalue weighted by Crippen LogP contribution is 2.42. The first kappa shape index (κ1) is 40.2. The zero-order valence-electron chi connectivity index (χ0n) is 26.7. The number of esters is 4. The molecule has 0 radical (unpaired) electrons. The second-order valence-corrected chi connectivity index (χ2v) is 14.4. The van der Waals surface area contributed by atoms with Crippen molar-refractivity contribution in [3.05, 3.63) is 53.4 Å². The molecule has 2 atom stereocenters. The van der Waals surface area contributed by atoms with Gasteiger partial charge in [0.05, 0.1) is 43.3 Å². The van der Waals surface area contributed by atoms with Crippen LogP contribution in [-0.4, -0.2) is 37.1 Å². The van der Waals surface area contributed by atoms with E-state index in [1.54, 1.807) is 0 Å². The van der Waals surface area contributed by atoms with Crippen LogP contribution in [0.1, 0.15) is 88.9 Å². The molecule has 2 unspecified atom stereocenters. The van der Waals surface area contributed by atoms with Crippen LogP contribution in [0, 0.1) is 22.7 Å². The van der Waals surface area contributed by atoms with Gasteiger partial charge in [0.15, 0.2) is 11.5 Å². The average Bonchev–Trinajstić information content (AvgIpc) is 2.99. The molecule has 2 aromatic carbocycles. The molecule has 0 saturated carbocycles. The molecule has 0 aliphatic heterocycles. The number of hydrogen-bond donors (Lipinski definition) is 0. The Bertz CT molecular complexity index is 1400. The standard InChI is InChI=1S/C32H36Cl6O8/c1-9-31(7,15(3)4)13-43-27(39)21-23(37)17(33)11-19(35)25(21)45-29(41)30(42)46-26-20(36)12-18(34)24(38)22(26)28(40)44-14-32(8,10-2)16(5)6/h11-12,15-16H,9-10,13-14H2,1-8H3. The van der Waals surface area contributed by atoms with E-state index in [-0.39, 0.29) is 66.0 Å². The van der Waals surface area contributed by atoms with Gasteiger partial charge in [0.2, 0.25) is 0 Å². The number of hydrogen-bond acceptors (Lipinski definition) is 8. The molecule has 46 heavy (non-hydrogen) atoms. The molecule has 0 N–H and O–H groups in total. The first-order valence-corrected chi connectivity index (χ1v) is 16.6. The summed E-state index contributed by atoms with van der Waals surface area (Å²) in [5.41, 5.74) is -1.73. The lowest BCUT2D eigenvalue weighted by Crippen LogP contribution is -2.31. The van der Waals surface area contributed by atoms with Crippen molar-refractivity contribution in [2.24, 2.45) is 22.7 Å². The molecule has 0 bridgehead atoms. The van der Waals surface area contributed by atoms with Gasteiger partial charge in [-0.15, -0.1) is 0 Å². The largest absolute Gasteiger partial charge is 0.461 e. The van der Waals surface area contributed by atoms with Crippen molar-refractivity contribution >= 4 is 93.5 Å². The first-order valence-electron chi connectivity index (χ1n) is 14.4. The van der Waals surface area contributed by atoms with Crippen LogP contribution in [-0.2, 0) is 19.1 Å².